The molecule has 1 aliphatic rings. The van der Waals surface area contributed by atoms with Crippen molar-refractivity contribution in [2.75, 3.05) is 18.5 Å². The predicted octanol–water partition coefficient (Wildman–Crippen LogP) is 3.51. The van der Waals surface area contributed by atoms with Crippen molar-refractivity contribution in [3.8, 4) is 0 Å². The van der Waals surface area contributed by atoms with Crippen LogP contribution >= 0.6 is 0 Å². The Kier molecular flexibility index (Phi) is 6.26. The van der Waals surface area contributed by atoms with Gasteiger partial charge < -0.3 is 15.5 Å². The number of fused-ring (bicyclic) bond motifs is 1. The van der Waals surface area contributed by atoms with Crippen molar-refractivity contribution in [1.29, 1.82) is 0 Å². The molecular formula is C25H23FN4O2. The van der Waals surface area contributed by atoms with Crippen molar-refractivity contribution >= 4 is 23.3 Å². The number of carbonyl (C=O) groups is 2. The van der Waals surface area contributed by atoms with Gasteiger partial charge in [-0.1, -0.05) is 60.7 Å². The number of aliphatic imine (C=N–C) groups is 1. The Morgan fingerprint density at radius 2 is 1.62 bits per heavy atom. The number of likely N-dealkylation sites (N-methyl/N-ethyl adjacent to an activating group) is 1. The van der Waals surface area contributed by atoms with Gasteiger partial charge in [0.25, 0.3) is 5.91 Å². The van der Waals surface area contributed by atoms with Gasteiger partial charge in [-0.2, -0.15) is 0 Å². The number of hydrogen-bond donors (Lipinski definition) is 2. The molecule has 0 fully saturated rings. The molecule has 32 heavy (non-hydrogen) atoms. The first-order valence-corrected chi connectivity index (χ1v) is 10.3. The molecule has 162 valence electrons. The van der Waals surface area contributed by atoms with E-state index in [9.17, 15) is 14.0 Å². The third kappa shape index (κ3) is 4.51. The predicted molar refractivity (Wildman–Crippen MR) is 122 cm³/mol. The Bertz CT molecular complexity index is 1160. The number of anilines is 1. The summed E-state index contributed by atoms with van der Waals surface area (Å²) in [6.45, 7) is 0.400. The highest BCUT2D eigenvalue weighted by atomic mass is 19.1. The average Bonchev–Trinajstić information content (AvgIpc) is 2.91. The van der Waals surface area contributed by atoms with Gasteiger partial charge in [-0.25, -0.2) is 14.2 Å². The average molecular weight is 430 g/mol. The minimum absolute atomic E-state index is 0.263. The molecule has 0 saturated carbocycles. The molecule has 0 aromatic heterocycles. The maximum Gasteiger partial charge on any atom is 0.316 e. The van der Waals surface area contributed by atoms with Crippen molar-refractivity contribution in [2.45, 2.75) is 12.6 Å². The molecular weight excluding hydrogens is 407 g/mol. The smallest absolute Gasteiger partial charge is 0.316 e. The number of urea groups is 1. The molecule has 3 amide bonds. The minimum Gasteiger partial charge on any atom is -0.338 e. The molecule has 2 N–H and O–H groups in total. The Morgan fingerprint density at radius 1 is 0.969 bits per heavy atom. The summed E-state index contributed by atoms with van der Waals surface area (Å²) in [7, 11) is 1.61. The van der Waals surface area contributed by atoms with E-state index in [1.807, 2.05) is 30.3 Å². The second kappa shape index (κ2) is 9.43. The number of rotatable bonds is 5. The van der Waals surface area contributed by atoms with Crippen LogP contribution in [-0.2, 0) is 11.2 Å². The summed E-state index contributed by atoms with van der Waals surface area (Å²) in [5, 5.41) is 5.39. The van der Waals surface area contributed by atoms with Crippen LogP contribution in [0.15, 0.2) is 83.9 Å². The maximum absolute atomic E-state index is 14.6. The Morgan fingerprint density at radius 3 is 2.38 bits per heavy atom. The Hall–Kier alpha value is -4.00. The van der Waals surface area contributed by atoms with Gasteiger partial charge in [0.05, 0.1) is 11.4 Å². The Labute approximate surface area is 185 Å². The monoisotopic (exact) mass is 430 g/mol. The van der Waals surface area contributed by atoms with Gasteiger partial charge in [0.15, 0.2) is 0 Å². The van der Waals surface area contributed by atoms with Crippen LogP contribution in [0.1, 0.15) is 16.7 Å². The Balaban J connectivity index is 1.59. The number of nitrogens with one attached hydrogen (secondary N) is 2. The molecule has 0 saturated heterocycles. The van der Waals surface area contributed by atoms with Gasteiger partial charge in [0.2, 0.25) is 6.17 Å². The van der Waals surface area contributed by atoms with Crippen molar-refractivity contribution < 1.29 is 14.0 Å². The summed E-state index contributed by atoms with van der Waals surface area (Å²) in [6.07, 6.45) is -0.541. The highest BCUT2D eigenvalue weighted by Gasteiger charge is 2.31. The second-order valence-corrected chi connectivity index (χ2v) is 7.41. The van der Waals surface area contributed by atoms with Crippen molar-refractivity contribution in [3.63, 3.8) is 0 Å². The molecule has 1 unspecified atom stereocenters. The van der Waals surface area contributed by atoms with E-state index in [4.69, 9.17) is 0 Å². The van der Waals surface area contributed by atoms with Crippen LogP contribution in [0.5, 0.6) is 0 Å². The number of carbonyl (C=O) groups excluding carboxylic acids is 2. The molecule has 0 bridgehead atoms. The molecule has 1 aliphatic heterocycles. The number of benzene rings is 3. The molecule has 1 heterocycles. The van der Waals surface area contributed by atoms with Crippen LogP contribution in [-0.4, -0.2) is 37.4 Å². The van der Waals surface area contributed by atoms with Crippen molar-refractivity contribution in [2.24, 2.45) is 4.99 Å². The van der Waals surface area contributed by atoms with E-state index in [0.29, 0.717) is 29.9 Å². The lowest BCUT2D eigenvalue weighted by Gasteiger charge is -2.21. The molecule has 0 spiro atoms. The summed E-state index contributed by atoms with van der Waals surface area (Å²) < 4.78 is 14.6. The zero-order chi connectivity index (χ0) is 22.5. The van der Waals surface area contributed by atoms with E-state index >= 15 is 0 Å². The number of nitrogens with zero attached hydrogens (tertiary/aromatic N) is 2. The van der Waals surface area contributed by atoms with E-state index in [-0.39, 0.29) is 5.56 Å². The molecule has 3 aromatic rings. The van der Waals surface area contributed by atoms with Gasteiger partial charge in [0, 0.05) is 24.7 Å². The van der Waals surface area contributed by atoms with Crippen LogP contribution in [0.2, 0.25) is 0 Å². The highest BCUT2D eigenvalue weighted by molar-refractivity contribution is 6.20. The lowest BCUT2D eigenvalue weighted by Crippen LogP contribution is -2.49. The summed E-state index contributed by atoms with van der Waals surface area (Å²) in [5.41, 5.74) is 2.87. The van der Waals surface area contributed by atoms with Crippen molar-refractivity contribution in [3.05, 3.63) is 101 Å². The van der Waals surface area contributed by atoms with E-state index in [2.05, 4.69) is 15.6 Å². The number of benzodiazepines with no additional fused rings is 1. The first kappa shape index (κ1) is 21.2. The molecule has 6 nitrogen and oxygen atoms in total. The van der Waals surface area contributed by atoms with Gasteiger partial charge in [-0.3, -0.25) is 4.79 Å². The van der Waals surface area contributed by atoms with E-state index < -0.39 is 23.9 Å². The fourth-order valence-electron chi connectivity index (χ4n) is 3.62. The third-order valence-corrected chi connectivity index (χ3v) is 5.28. The SMILES string of the molecule is CN1C(=O)C(NC(=O)NCCc2ccccc2)N=C(c2ccccc2F)c2ccccc21. The second-order valence-electron chi connectivity index (χ2n) is 7.41. The van der Waals surface area contributed by atoms with Gasteiger partial charge in [-0.05, 0) is 30.2 Å². The van der Waals surface area contributed by atoms with E-state index in [1.165, 1.54) is 11.0 Å². The van der Waals surface area contributed by atoms with Gasteiger partial charge >= 0.3 is 6.03 Å². The zero-order valence-corrected chi connectivity index (χ0v) is 17.6. The van der Waals surface area contributed by atoms with E-state index in [1.54, 1.807) is 49.5 Å². The molecule has 3 aromatic carbocycles. The van der Waals surface area contributed by atoms with Crippen LogP contribution in [0.25, 0.3) is 0 Å². The quantitative estimate of drug-likeness (QED) is 0.650. The summed E-state index contributed by atoms with van der Waals surface area (Å²) >= 11 is 0. The topological polar surface area (TPSA) is 73.8 Å². The van der Waals surface area contributed by atoms with Gasteiger partial charge in [0.1, 0.15) is 5.82 Å². The third-order valence-electron chi connectivity index (χ3n) is 5.28. The standard InChI is InChI=1S/C25H23FN4O2/c1-30-21-14-8-6-12-19(21)22(18-11-5-7-13-20(18)26)28-23(24(30)31)29-25(32)27-16-15-17-9-3-2-4-10-17/h2-14,23H,15-16H2,1H3,(H2,27,29,32). The summed E-state index contributed by atoms with van der Waals surface area (Å²) in [5.74, 6) is -0.869. The van der Waals surface area contributed by atoms with Crippen molar-refractivity contribution in [1.82, 2.24) is 10.6 Å². The normalized spacial score (nSPS) is 15.4. The fourth-order valence-corrected chi connectivity index (χ4v) is 3.62. The molecule has 4 rings (SSSR count). The summed E-state index contributed by atoms with van der Waals surface area (Å²) in [4.78, 5) is 31.5. The first-order valence-electron chi connectivity index (χ1n) is 10.3. The number of para-hydroxylation sites is 1. The maximum atomic E-state index is 14.6. The fraction of sp³-hybridized carbons (Fsp3) is 0.160. The number of halogens is 1. The zero-order valence-electron chi connectivity index (χ0n) is 17.6. The minimum atomic E-state index is -1.20. The first-order chi connectivity index (χ1) is 15.5. The van der Waals surface area contributed by atoms with Crippen LogP contribution in [0, 0.1) is 5.82 Å². The van der Waals surface area contributed by atoms with Crippen LogP contribution < -0.4 is 15.5 Å². The molecule has 1 atom stereocenters. The van der Waals surface area contributed by atoms with Crippen LogP contribution in [0.3, 0.4) is 0 Å². The highest BCUT2D eigenvalue weighted by Crippen LogP contribution is 2.27. The lowest BCUT2D eigenvalue weighted by molar-refractivity contribution is -0.119. The number of hydrogen-bond acceptors (Lipinski definition) is 3. The lowest BCUT2D eigenvalue weighted by atomic mass is 10.00. The largest absolute Gasteiger partial charge is 0.338 e. The number of amides is 3. The van der Waals surface area contributed by atoms with Gasteiger partial charge in [-0.15, -0.1) is 0 Å². The molecule has 0 aliphatic carbocycles. The molecule has 0 radical (unpaired) electrons. The van der Waals surface area contributed by atoms with E-state index in [0.717, 1.165) is 5.56 Å². The molecule has 7 heteroatoms. The summed E-state index contributed by atoms with van der Waals surface area (Å²) in [6, 6.07) is 22.6. The van der Waals surface area contributed by atoms with Crippen LogP contribution in [0.4, 0.5) is 14.9 Å².